The quantitative estimate of drug-likeness (QED) is 0.759. The fraction of sp³-hybridized carbons (Fsp3) is 1.00. The first-order chi connectivity index (χ1) is 7.27. The molecule has 3 unspecified atom stereocenters. The highest BCUT2D eigenvalue weighted by Gasteiger charge is 2.24. The molecule has 1 aliphatic rings. The number of methoxy groups -OCH3 is 1. The van der Waals surface area contributed by atoms with Gasteiger partial charge in [0.05, 0.1) is 0 Å². The van der Waals surface area contributed by atoms with Crippen molar-refractivity contribution in [1.82, 2.24) is 5.32 Å². The van der Waals surface area contributed by atoms with Crippen molar-refractivity contribution < 1.29 is 4.74 Å². The van der Waals surface area contributed by atoms with Crippen molar-refractivity contribution in [3.05, 3.63) is 0 Å². The molecule has 0 aromatic carbocycles. The molecule has 0 aliphatic heterocycles. The van der Waals surface area contributed by atoms with Gasteiger partial charge < -0.3 is 10.1 Å². The summed E-state index contributed by atoms with van der Waals surface area (Å²) in [6, 6.07) is 1.31. The van der Waals surface area contributed by atoms with Gasteiger partial charge in [-0.25, -0.2) is 0 Å². The monoisotopic (exact) mass is 231 g/mol. The third-order valence-electron chi connectivity index (χ3n) is 3.26. The predicted octanol–water partition coefficient (Wildman–Crippen LogP) is 2.68. The first kappa shape index (κ1) is 13.3. The summed E-state index contributed by atoms with van der Waals surface area (Å²) in [4.78, 5) is 0. The summed E-state index contributed by atoms with van der Waals surface area (Å²) >= 11 is 2.03. The van der Waals surface area contributed by atoms with Crippen molar-refractivity contribution in [2.75, 3.05) is 20.0 Å². The van der Waals surface area contributed by atoms with Crippen molar-refractivity contribution >= 4 is 11.8 Å². The van der Waals surface area contributed by atoms with Gasteiger partial charge in [-0.3, -0.25) is 0 Å². The molecule has 2 nitrogen and oxygen atoms in total. The second-order valence-corrected chi connectivity index (χ2v) is 5.59. The van der Waals surface area contributed by atoms with Crippen LogP contribution in [0.5, 0.6) is 0 Å². The van der Waals surface area contributed by atoms with Crippen LogP contribution in [0, 0.1) is 0 Å². The van der Waals surface area contributed by atoms with Gasteiger partial charge in [0.15, 0.2) is 0 Å². The average Bonchev–Trinajstić information content (AvgIpc) is 2.27. The fourth-order valence-electron chi connectivity index (χ4n) is 2.31. The largest absolute Gasteiger partial charge is 0.385 e. The van der Waals surface area contributed by atoms with Gasteiger partial charge in [0.1, 0.15) is 0 Å². The molecule has 0 spiro atoms. The molecule has 1 rings (SSSR count). The van der Waals surface area contributed by atoms with Gasteiger partial charge in [0.2, 0.25) is 0 Å². The number of rotatable bonds is 6. The van der Waals surface area contributed by atoms with Crippen LogP contribution in [-0.4, -0.2) is 37.3 Å². The molecule has 0 radical (unpaired) electrons. The SMILES string of the molecule is COCCC(C)NC1CCCCC1SC. The average molecular weight is 231 g/mol. The van der Waals surface area contributed by atoms with E-state index in [0.717, 1.165) is 24.3 Å². The van der Waals surface area contributed by atoms with E-state index in [-0.39, 0.29) is 0 Å². The van der Waals surface area contributed by atoms with Crippen molar-refractivity contribution in [3.63, 3.8) is 0 Å². The van der Waals surface area contributed by atoms with Crippen LogP contribution in [0.25, 0.3) is 0 Å². The topological polar surface area (TPSA) is 21.3 Å². The molecule has 1 fully saturated rings. The van der Waals surface area contributed by atoms with Crippen LogP contribution in [0.3, 0.4) is 0 Å². The van der Waals surface area contributed by atoms with Crippen LogP contribution in [0.2, 0.25) is 0 Å². The Balaban J connectivity index is 2.27. The van der Waals surface area contributed by atoms with Crippen molar-refractivity contribution in [2.45, 2.75) is 56.4 Å². The third-order valence-corrected chi connectivity index (χ3v) is 4.43. The van der Waals surface area contributed by atoms with E-state index in [0.29, 0.717) is 6.04 Å². The summed E-state index contributed by atoms with van der Waals surface area (Å²) in [7, 11) is 1.78. The Morgan fingerprint density at radius 1 is 1.40 bits per heavy atom. The molecule has 3 heteroatoms. The van der Waals surface area contributed by atoms with Gasteiger partial charge in [-0.1, -0.05) is 12.8 Å². The Labute approximate surface area is 98.5 Å². The Bertz CT molecular complexity index is 166. The number of nitrogens with one attached hydrogen (secondary N) is 1. The van der Waals surface area contributed by atoms with Crippen molar-refractivity contribution in [1.29, 1.82) is 0 Å². The minimum atomic E-state index is 0.586. The molecule has 0 aromatic heterocycles. The normalized spacial score (nSPS) is 29.0. The summed E-state index contributed by atoms with van der Waals surface area (Å²) in [6.45, 7) is 3.13. The molecule has 0 bridgehead atoms. The molecule has 90 valence electrons. The maximum Gasteiger partial charge on any atom is 0.0476 e. The molecule has 1 N–H and O–H groups in total. The van der Waals surface area contributed by atoms with Crippen LogP contribution in [0.1, 0.15) is 39.0 Å². The number of thioether (sulfide) groups is 1. The summed E-state index contributed by atoms with van der Waals surface area (Å²) in [6.07, 6.45) is 8.90. The molecule has 0 amide bonds. The highest BCUT2D eigenvalue weighted by Crippen LogP contribution is 2.27. The van der Waals surface area contributed by atoms with Gasteiger partial charge in [-0.15, -0.1) is 0 Å². The maximum atomic E-state index is 5.11. The van der Waals surface area contributed by atoms with Crippen LogP contribution in [-0.2, 0) is 4.74 Å². The molecule has 1 saturated carbocycles. The summed E-state index contributed by atoms with van der Waals surface area (Å²) in [5.74, 6) is 0. The van der Waals surface area contributed by atoms with E-state index in [9.17, 15) is 0 Å². The van der Waals surface area contributed by atoms with E-state index in [1.165, 1.54) is 25.7 Å². The van der Waals surface area contributed by atoms with E-state index < -0.39 is 0 Å². The lowest BCUT2D eigenvalue weighted by Crippen LogP contribution is -2.45. The van der Waals surface area contributed by atoms with Gasteiger partial charge >= 0.3 is 0 Å². The zero-order valence-corrected chi connectivity index (χ0v) is 11.1. The van der Waals surface area contributed by atoms with Gasteiger partial charge in [0, 0.05) is 31.1 Å². The third kappa shape index (κ3) is 4.75. The zero-order chi connectivity index (χ0) is 11.1. The molecule has 1 aliphatic carbocycles. The van der Waals surface area contributed by atoms with Crippen LogP contribution >= 0.6 is 11.8 Å². The summed E-state index contributed by atoms with van der Waals surface area (Å²) in [5, 5.41) is 4.58. The molecule has 15 heavy (non-hydrogen) atoms. The van der Waals surface area contributed by atoms with Crippen LogP contribution in [0.4, 0.5) is 0 Å². The van der Waals surface area contributed by atoms with Crippen LogP contribution < -0.4 is 5.32 Å². The van der Waals surface area contributed by atoms with Crippen molar-refractivity contribution in [2.24, 2.45) is 0 Å². The van der Waals surface area contributed by atoms with E-state index >= 15 is 0 Å². The van der Waals surface area contributed by atoms with Crippen molar-refractivity contribution in [3.8, 4) is 0 Å². The Kier molecular flexibility index (Phi) is 6.69. The highest BCUT2D eigenvalue weighted by molar-refractivity contribution is 7.99. The van der Waals surface area contributed by atoms with E-state index in [1.807, 2.05) is 11.8 Å². The van der Waals surface area contributed by atoms with E-state index in [2.05, 4.69) is 18.5 Å². The van der Waals surface area contributed by atoms with E-state index in [1.54, 1.807) is 7.11 Å². The van der Waals surface area contributed by atoms with E-state index in [4.69, 9.17) is 4.74 Å². The van der Waals surface area contributed by atoms with Crippen LogP contribution in [0.15, 0.2) is 0 Å². The first-order valence-electron chi connectivity index (χ1n) is 6.05. The maximum absolute atomic E-state index is 5.11. The zero-order valence-electron chi connectivity index (χ0n) is 10.3. The van der Waals surface area contributed by atoms with Gasteiger partial charge in [-0.2, -0.15) is 11.8 Å². The number of ether oxygens (including phenoxy) is 1. The lowest BCUT2D eigenvalue weighted by Gasteiger charge is -2.33. The smallest absolute Gasteiger partial charge is 0.0476 e. The fourth-order valence-corrected chi connectivity index (χ4v) is 3.26. The molecular weight excluding hydrogens is 206 g/mol. The summed E-state index contributed by atoms with van der Waals surface area (Å²) in [5.41, 5.74) is 0. The predicted molar refractivity (Wildman–Crippen MR) is 68.6 cm³/mol. The minimum Gasteiger partial charge on any atom is -0.385 e. The van der Waals surface area contributed by atoms with Gasteiger partial charge in [0.25, 0.3) is 0 Å². The first-order valence-corrected chi connectivity index (χ1v) is 7.34. The molecule has 0 saturated heterocycles. The second-order valence-electron chi connectivity index (χ2n) is 4.51. The Hall–Kier alpha value is 0.270. The molecular formula is C12H25NOS. The Morgan fingerprint density at radius 3 is 2.80 bits per heavy atom. The highest BCUT2D eigenvalue weighted by atomic mass is 32.2. The molecule has 3 atom stereocenters. The lowest BCUT2D eigenvalue weighted by atomic mass is 9.94. The summed E-state index contributed by atoms with van der Waals surface area (Å²) < 4.78 is 5.11. The number of hydrogen-bond acceptors (Lipinski definition) is 3. The molecule has 0 aromatic rings. The molecule has 0 heterocycles. The number of hydrogen-bond donors (Lipinski definition) is 1. The lowest BCUT2D eigenvalue weighted by molar-refractivity contribution is 0.180. The van der Waals surface area contributed by atoms with Gasteiger partial charge in [-0.05, 0) is 32.4 Å². The second kappa shape index (κ2) is 7.53. The minimum absolute atomic E-state index is 0.586. The Morgan fingerprint density at radius 2 is 2.13 bits per heavy atom. The standard InChI is InChI=1S/C12H25NOS/c1-10(8-9-14-2)13-11-6-4-5-7-12(11)15-3/h10-13H,4-9H2,1-3H3.